The number of nitrogens with one attached hydrogen (secondary N) is 1. The van der Waals surface area contributed by atoms with Gasteiger partial charge in [-0.3, -0.25) is 0 Å². The van der Waals surface area contributed by atoms with Crippen molar-refractivity contribution in [2.45, 2.75) is 30.7 Å². The Bertz CT molecular complexity index is 525. The number of nitrogen functional groups attached to an aromatic ring is 1. The van der Waals surface area contributed by atoms with Crippen LogP contribution in [0.2, 0.25) is 0 Å². The zero-order valence-corrected chi connectivity index (χ0v) is 12.6. The van der Waals surface area contributed by atoms with Crippen LogP contribution in [-0.2, 0) is 10.0 Å². The van der Waals surface area contributed by atoms with E-state index >= 15 is 0 Å². The molecule has 106 valence electrons. The third kappa shape index (κ3) is 4.71. The molecule has 0 saturated heterocycles. The Balaban J connectivity index is 1.75. The van der Waals surface area contributed by atoms with Gasteiger partial charge in [0.05, 0.1) is 5.75 Å². The van der Waals surface area contributed by atoms with Crippen LogP contribution in [0.25, 0.3) is 0 Å². The van der Waals surface area contributed by atoms with E-state index in [1.165, 1.54) is 11.8 Å². The fourth-order valence-electron chi connectivity index (χ4n) is 2.19. The lowest BCUT2D eigenvalue weighted by molar-refractivity contribution is 0.270. The Morgan fingerprint density at radius 1 is 1.42 bits per heavy atom. The van der Waals surface area contributed by atoms with Crippen LogP contribution in [0.1, 0.15) is 19.8 Å². The van der Waals surface area contributed by atoms with Gasteiger partial charge in [0.25, 0.3) is 0 Å². The van der Waals surface area contributed by atoms with E-state index in [4.69, 9.17) is 5.73 Å². The van der Waals surface area contributed by atoms with Gasteiger partial charge in [-0.1, -0.05) is 13.0 Å². The first-order valence-corrected chi connectivity index (χ1v) is 9.07. The van der Waals surface area contributed by atoms with Crippen molar-refractivity contribution in [3.63, 3.8) is 0 Å². The van der Waals surface area contributed by atoms with Crippen molar-refractivity contribution in [3.05, 3.63) is 24.3 Å². The first-order chi connectivity index (χ1) is 8.94. The molecule has 1 aliphatic carbocycles. The van der Waals surface area contributed by atoms with E-state index in [0.717, 1.165) is 17.7 Å². The van der Waals surface area contributed by atoms with Gasteiger partial charge in [0, 0.05) is 22.4 Å². The smallest absolute Gasteiger partial charge is 0.212 e. The molecule has 19 heavy (non-hydrogen) atoms. The van der Waals surface area contributed by atoms with Crippen molar-refractivity contribution in [1.29, 1.82) is 0 Å². The summed E-state index contributed by atoms with van der Waals surface area (Å²) < 4.78 is 26.5. The molecule has 1 fully saturated rings. The number of hydrogen-bond donors (Lipinski definition) is 2. The zero-order valence-electron chi connectivity index (χ0n) is 11.0. The summed E-state index contributed by atoms with van der Waals surface area (Å²) in [5.74, 6) is 1.34. The monoisotopic (exact) mass is 300 g/mol. The second-order valence-electron chi connectivity index (χ2n) is 5.13. The van der Waals surface area contributed by atoms with E-state index in [2.05, 4.69) is 11.6 Å². The van der Waals surface area contributed by atoms with Crippen LogP contribution in [0.4, 0.5) is 5.69 Å². The summed E-state index contributed by atoms with van der Waals surface area (Å²) in [6.45, 7) is 2.14. The molecule has 1 aromatic carbocycles. The summed E-state index contributed by atoms with van der Waals surface area (Å²) in [6, 6.07) is 7.64. The maximum Gasteiger partial charge on any atom is 0.212 e. The highest BCUT2D eigenvalue weighted by atomic mass is 32.2. The number of nitrogens with two attached hydrogens (primary N) is 1. The molecular weight excluding hydrogens is 280 g/mol. The first kappa shape index (κ1) is 14.7. The quantitative estimate of drug-likeness (QED) is 0.623. The van der Waals surface area contributed by atoms with Crippen molar-refractivity contribution < 1.29 is 8.42 Å². The first-order valence-electron chi connectivity index (χ1n) is 6.43. The van der Waals surface area contributed by atoms with Crippen LogP contribution in [0.5, 0.6) is 0 Å². The Morgan fingerprint density at radius 2 is 2.16 bits per heavy atom. The molecule has 1 aliphatic rings. The summed E-state index contributed by atoms with van der Waals surface area (Å²) in [6.07, 6.45) is 1.92. The van der Waals surface area contributed by atoms with Crippen molar-refractivity contribution in [2.75, 3.05) is 17.2 Å². The molecule has 0 aliphatic heterocycles. The van der Waals surface area contributed by atoms with Crippen LogP contribution >= 0.6 is 11.8 Å². The van der Waals surface area contributed by atoms with Gasteiger partial charge in [-0.05, 0) is 37.0 Å². The largest absolute Gasteiger partial charge is 0.399 e. The van der Waals surface area contributed by atoms with E-state index in [9.17, 15) is 8.42 Å². The lowest BCUT2D eigenvalue weighted by Gasteiger charge is -2.32. The molecule has 0 aromatic heterocycles. The van der Waals surface area contributed by atoms with E-state index in [-0.39, 0.29) is 11.8 Å². The van der Waals surface area contributed by atoms with Gasteiger partial charge >= 0.3 is 0 Å². The molecule has 2 rings (SSSR count). The highest BCUT2D eigenvalue weighted by Crippen LogP contribution is 2.27. The summed E-state index contributed by atoms with van der Waals surface area (Å²) in [4.78, 5) is 1.01. The van der Waals surface area contributed by atoms with E-state index < -0.39 is 10.0 Å². The minimum Gasteiger partial charge on any atom is -0.399 e. The van der Waals surface area contributed by atoms with Crippen LogP contribution < -0.4 is 10.5 Å². The number of anilines is 1. The van der Waals surface area contributed by atoms with Crippen molar-refractivity contribution in [3.8, 4) is 0 Å². The SMILES string of the molecule is CC1CC(NS(=O)(=O)CCSc2cccc(N)c2)C1. The van der Waals surface area contributed by atoms with Gasteiger partial charge in [-0.15, -0.1) is 11.8 Å². The molecule has 3 N–H and O–H groups in total. The van der Waals surface area contributed by atoms with Crippen molar-refractivity contribution >= 4 is 27.5 Å². The average molecular weight is 300 g/mol. The minimum atomic E-state index is -3.15. The second-order valence-corrected chi connectivity index (χ2v) is 8.17. The fourth-order valence-corrected chi connectivity index (χ4v) is 4.84. The van der Waals surface area contributed by atoms with Crippen LogP contribution in [0.15, 0.2) is 29.2 Å². The van der Waals surface area contributed by atoms with Gasteiger partial charge in [0.2, 0.25) is 10.0 Å². The van der Waals surface area contributed by atoms with Gasteiger partial charge in [-0.25, -0.2) is 13.1 Å². The van der Waals surface area contributed by atoms with Gasteiger partial charge in [-0.2, -0.15) is 0 Å². The molecular formula is C13H20N2O2S2. The number of benzene rings is 1. The third-order valence-corrected chi connectivity index (χ3v) is 5.89. The van der Waals surface area contributed by atoms with Crippen LogP contribution in [0.3, 0.4) is 0 Å². The van der Waals surface area contributed by atoms with E-state index in [1.54, 1.807) is 0 Å². The molecule has 0 radical (unpaired) electrons. The molecule has 0 unspecified atom stereocenters. The lowest BCUT2D eigenvalue weighted by atomic mass is 9.83. The summed E-state index contributed by atoms with van der Waals surface area (Å²) in [5, 5.41) is 0. The molecule has 0 amide bonds. The fraction of sp³-hybridized carbons (Fsp3) is 0.538. The summed E-state index contributed by atoms with van der Waals surface area (Å²) >= 11 is 1.52. The normalized spacial score (nSPS) is 23.0. The zero-order chi connectivity index (χ0) is 13.9. The Morgan fingerprint density at radius 3 is 2.79 bits per heavy atom. The average Bonchev–Trinajstić information content (AvgIpc) is 2.26. The standard InChI is InChI=1S/C13H20N2O2S2/c1-10-7-12(8-10)15-19(16,17)6-5-18-13-4-2-3-11(14)9-13/h2-4,9-10,12,15H,5-8,14H2,1H3. The maximum absolute atomic E-state index is 11.8. The highest BCUT2D eigenvalue weighted by Gasteiger charge is 2.28. The minimum absolute atomic E-state index is 0.150. The maximum atomic E-state index is 11.8. The summed E-state index contributed by atoms with van der Waals surface area (Å²) in [7, 11) is -3.15. The lowest BCUT2D eigenvalue weighted by Crippen LogP contribution is -2.44. The van der Waals surface area contributed by atoms with E-state index in [1.807, 2.05) is 24.3 Å². The van der Waals surface area contributed by atoms with Crippen molar-refractivity contribution in [2.24, 2.45) is 5.92 Å². The molecule has 0 spiro atoms. The Hall–Kier alpha value is -0.720. The van der Waals surface area contributed by atoms with Gasteiger partial charge in [0.15, 0.2) is 0 Å². The number of sulfonamides is 1. The summed E-state index contributed by atoms with van der Waals surface area (Å²) in [5.41, 5.74) is 6.38. The topological polar surface area (TPSA) is 72.2 Å². The third-order valence-electron chi connectivity index (χ3n) is 3.20. The second kappa shape index (κ2) is 6.15. The van der Waals surface area contributed by atoms with Crippen LogP contribution in [0, 0.1) is 5.92 Å². The molecule has 1 saturated carbocycles. The van der Waals surface area contributed by atoms with Crippen LogP contribution in [-0.4, -0.2) is 26.0 Å². The van der Waals surface area contributed by atoms with E-state index in [0.29, 0.717) is 17.4 Å². The number of rotatable bonds is 6. The van der Waals surface area contributed by atoms with Crippen molar-refractivity contribution in [1.82, 2.24) is 4.72 Å². The molecule has 0 bridgehead atoms. The van der Waals surface area contributed by atoms with Gasteiger partial charge < -0.3 is 5.73 Å². The Labute approximate surface area is 119 Å². The predicted octanol–water partition coefficient (Wildman–Crippen LogP) is 2.08. The number of hydrogen-bond acceptors (Lipinski definition) is 4. The predicted molar refractivity (Wildman–Crippen MR) is 80.7 cm³/mol. The molecule has 6 heteroatoms. The Kier molecular flexibility index (Phi) is 4.76. The molecule has 0 atom stereocenters. The highest BCUT2D eigenvalue weighted by molar-refractivity contribution is 8.00. The number of thioether (sulfide) groups is 1. The van der Waals surface area contributed by atoms with Gasteiger partial charge in [0.1, 0.15) is 0 Å². The molecule has 1 aromatic rings. The molecule has 4 nitrogen and oxygen atoms in total. The molecule has 0 heterocycles.